The quantitative estimate of drug-likeness (QED) is 0.754. The molecule has 2 heterocycles. The second-order valence-electron chi connectivity index (χ2n) is 8.22. The number of ether oxygens (including phenoxy) is 5. The van der Waals surface area contributed by atoms with Crippen LogP contribution < -0.4 is 0 Å². The second kappa shape index (κ2) is 6.02. The van der Waals surface area contributed by atoms with Crippen LogP contribution in [-0.4, -0.2) is 48.1 Å². The molecule has 3 fully saturated rings. The van der Waals surface area contributed by atoms with Crippen LogP contribution in [0.4, 0.5) is 0 Å². The van der Waals surface area contributed by atoms with Crippen molar-refractivity contribution < 1.29 is 28.5 Å². The summed E-state index contributed by atoms with van der Waals surface area (Å²) in [7, 11) is 0. The molecule has 0 spiro atoms. The third-order valence-corrected chi connectivity index (χ3v) is 5.26. The molecule has 6 atom stereocenters. The number of benzene rings is 1. The maximum atomic E-state index is 12.7. The van der Waals surface area contributed by atoms with E-state index in [0.717, 1.165) is 0 Å². The molecular formula is C20H26O6. The summed E-state index contributed by atoms with van der Waals surface area (Å²) < 4.78 is 30.3. The van der Waals surface area contributed by atoms with Crippen LogP contribution in [0, 0.1) is 5.92 Å². The summed E-state index contributed by atoms with van der Waals surface area (Å²) in [6.45, 7) is 9.55. The fraction of sp³-hybridized carbons (Fsp3) is 0.650. The Morgan fingerprint density at radius 2 is 1.31 bits per heavy atom. The molecule has 142 valence electrons. The lowest BCUT2D eigenvalue weighted by molar-refractivity contribution is -0.181. The van der Waals surface area contributed by atoms with Crippen molar-refractivity contribution in [2.75, 3.05) is 0 Å². The molecule has 4 rings (SSSR count). The Morgan fingerprint density at radius 3 is 1.81 bits per heavy atom. The van der Waals surface area contributed by atoms with Crippen molar-refractivity contribution in [1.82, 2.24) is 0 Å². The summed E-state index contributed by atoms with van der Waals surface area (Å²) >= 11 is 0. The molecule has 3 aliphatic rings. The smallest absolute Gasteiger partial charge is 0.338 e. The molecule has 0 unspecified atom stereocenters. The molecule has 2 saturated heterocycles. The number of rotatable bonds is 2. The van der Waals surface area contributed by atoms with Gasteiger partial charge in [0.25, 0.3) is 0 Å². The summed E-state index contributed by atoms with van der Waals surface area (Å²) in [6, 6.07) is 8.94. The van der Waals surface area contributed by atoms with E-state index in [0.29, 0.717) is 5.56 Å². The number of fused-ring (bicyclic) bond motifs is 2. The van der Waals surface area contributed by atoms with Crippen molar-refractivity contribution in [2.45, 2.75) is 76.7 Å². The average molecular weight is 362 g/mol. The molecule has 1 aliphatic carbocycles. The van der Waals surface area contributed by atoms with Crippen LogP contribution in [0.15, 0.2) is 30.3 Å². The zero-order valence-corrected chi connectivity index (χ0v) is 15.8. The monoisotopic (exact) mass is 362 g/mol. The standard InChI is InChI=1S/C20H26O6/c1-11-13-16(25-19(2,3)23-13)15(17-14(11)24-20(4,5)26-17)22-18(21)12-9-7-6-8-10-12/h6-11,13-17H,1-5H3/t11-,13-,14+,15-,16+,17-. The van der Waals surface area contributed by atoms with Crippen molar-refractivity contribution >= 4 is 5.97 Å². The second-order valence-corrected chi connectivity index (χ2v) is 8.22. The van der Waals surface area contributed by atoms with E-state index in [1.807, 2.05) is 45.9 Å². The topological polar surface area (TPSA) is 63.2 Å². The lowest BCUT2D eigenvalue weighted by atomic mass is 9.79. The van der Waals surface area contributed by atoms with Crippen molar-refractivity contribution in [2.24, 2.45) is 5.92 Å². The molecule has 6 heteroatoms. The SMILES string of the molecule is C[C@@H]1[C@H]2OC(C)(C)O[C@@H]2[C@@H](OC(=O)c2ccccc2)[C@@H]2OC(C)(C)O[C@@H]12. The normalized spacial score (nSPS) is 39.9. The summed E-state index contributed by atoms with van der Waals surface area (Å²) in [5.41, 5.74) is 0.496. The Kier molecular flexibility index (Phi) is 4.15. The number of carbonyl (C=O) groups is 1. The van der Waals surface area contributed by atoms with Gasteiger partial charge < -0.3 is 23.7 Å². The highest BCUT2D eigenvalue weighted by molar-refractivity contribution is 5.89. The summed E-state index contributed by atoms with van der Waals surface area (Å²) in [4.78, 5) is 12.7. The largest absolute Gasteiger partial charge is 0.453 e. The van der Waals surface area contributed by atoms with Gasteiger partial charge in [-0.25, -0.2) is 4.79 Å². The van der Waals surface area contributed by atoms with E-state index in [1.165, 1.54) is 0 Å². The molecule has 0 bridgehead atoms. The Labute approximate surface area is 153 Å². The van der Waals surface area contributed by atoms with Crippen molar-refractivity contribution in [3.8, 4) is 0 Å². The average Bonchev–Trinajstić information content (AvgIpc) is 3.08. The first-order valence-electron chi connectivity index (χ1n) is 9.14. The summed E-state index contributed by atoms with van der Waals surface area (Å²) in [5, 5.41) is 0. The first-order chi connectivity index (χ1) is 12.2. The molecule has 6 nitrogen and oxygen atoms in total. The van der Waals surface area contributed by atoms with Crippen molar-refractivity contribution in [1.29, 1.82) is 0 Å². The van der Waals surface area contributed by atoms with Crippen LogP contribution in [0.3, 0.4) is 0 Å². The van der Waals surface area contributed by atoms with Gasteiger partial charge in [0, 0.05) is 5.92 Å². The van der Waals surface area contributed by atoms with Crippen LogP contribution in [0.2, 0.25) is 0 Å². The molecule has 2 aliphatic heterocycles. The molecule has 1 aromatic carbocycles. The van der Waals surface area contributed by atoms with Gasteiger partial charge in [-0.2, -0.15) is 0 Å². The van der Waals surface area contributed by atoms with Crippen LogP contribution in [0.25, 0.3) is 0 Å². The number of hydrogen-bond acceptors (Lipinski definition) is 6. The molecular weight excluding hydrogens is 336 g/mol. The van der Waals surface area contributed by atoms with Gasteiger partial charge in [0.05, 0.1) is 17.8 Å². The maximum absolute atomic E-state index is 12.7. The predicted octanol–water partition coefficient (Wildman–Crippen LogP) is 2.90. The fourth-order valence-electron chi connectivity index (χ4n) is 4.23. The third kappa shape index (κ3) is 3.05. The van der Waals surface area contributed by atoms with Crippen LogP contribution in [0.5, 0.6) is 0 Å². The lowest BCUT2D eigenvalue weighted by Gasteiger charge is -2.41. The Morgan fingerprint density at radius 1 is 0.846 bits per heavy atom. The van der Waals surface area contributed by atoms with E-state index in [2.05, 4.69) is 6.92 Å². The number of carbonyl (C=O) groups excluding carboxylic acids is 1. The predicted molar refractivity (Wildman–Crippen MR) is 92.5 cm³/mol. The molecule has 0 aromatic heterocycles. The molecule has 26 heavy (non-hydrogen) atoms. The zero-order chi connectivity index (χ0) is 18.7. The minimum Gasteiger partial charge on any atom is -0.453 e. The van der Waals surface area contributed by atoms with Crippen LogP contribution in [0.1, 0.15) is 45.0 Å². The molecule has 0 N–H and O–H groups in total. The first kappa shape index (κ1) is 17.9. The van der Waals surface area contributed by atoms with Crippen molar-refractivity contribution in [3.63, 3.8) is 0 Å². The Hall–Kier alpha value is -1.47. The van der Waals surface area contributed by atoms with E-state index in [4.69, 9.17) is 23.7 Å². The van der Waals surface area contributed by atoms with Gasteiger partial charge in [-0.3, -0.25) is 0 Å². The number of hydrogen-bond donors (Lipinski definition) is 0. The minimum atomic E-state index is -0.741. The van der Waals surface area contributed by atoms with Gasteiger partial charge in [-0.1, -0.05) is 25.1 Å². The Bertz CT molecular complexity index is 653. The first-order valence-corrected chi connectivity index (χ1v) is 9.14. The van der Waals surface area contributed by atoms with Gasteiger partial charge >= 0.3 is 5.97 Å². The van der Waals surface area contributed by atoms with E-state index >= 15 is 0 Å². The van der Waals surface area contributed by atoms with E-state index < -0.39 is 35.9 Å². The zero-order valence-electron chi connectivity index (χ0n) is 15.8. The molecule has 1 aromatic rings. The number of esters is 1. The van der Waals surface area contributed by atoms with Gasteiger partial charge in [0.1, 0.15) is 12.2 Å². The van der Waals surface area contributed by atoms with Gasteiger partial charge in [-0.15, -0.1) is 0 Å². The summed E-state index contributed by atoms with van der Waals surface area (Å²) in [5.74, 6) is -1.82. The highest BCUT2D eigenvalue weighted by Gasteiger charge is 2.63. The van der Waals surface area contributed by atoms with Gasteiger partial charge in [0.15, 0.2) is 17.7 Å². The fourth-order valence-corrected chi connectivity index (χ4v) is 4.23. The molecule has 1 saturated carbocycles. The third-order valence-electron chi connectivity index (χ3n) is 5.26. The van der Waals surface area contributed by atoms with Crippen molar-refractivity contribution in [3.05, 3.63) is 35.9 Å². The van der Waals surface area contributed by atoms with Crippen LogP contribution >= 0.6 is 0 Å². The van der Waals surface area contributed by atoms with E-state index in [1.54, 1.807) is 12.1 Å². The van der Waals surface area contributed by atoms with Crippen LogP contribution in [-0.2, 0) is 23.7 Å². The Balaban J connectivity index is 1.64. The molecule has 0 radical (unpaired) electrons. The minimum absolute atomic E-state index is 0.0558. The lowest BCUT2D eigenvalue weighted by Crippen LogP contribution is -2.59. The van der Waals surface area contributed by atoms with E-state index in [9.17, 15) is 4.79 Å². The van der Waals surface area contributed by atoms with Gasteiger partial charge in [0.2, 0.25) is 0 Å². The van der Waals surface area contributed by atoms with Gasteiger partial charge in [-0.05, 0) is 39.8 Å². The molecule has 0 amide bonds. The summed E-state index contributed by atoms with van der Waals surface area (Å²) in [6.07, 6.45) is -1.84. The highest BCUT2D eigenvalue weighted by Crippen LogP contribution is 2.47. The highest BCUT2D eigenvalue weighted by atomic mass is 16.8. The maximum Gasteiger partial charge on any atom is 0.338 e. The van der Waals surface area contributed by atoms with E-state index in [-0.39, 0.29) is 18.1 Å².